The second-order valence-corrected chi connectivity index (χ2v) is 5.57. The Hall–Kier alpha value is -1.43. The molecule has 2 N–H and O–H groups in total. The Labute approximate surface area is 125 Å². The van der Waals surface area contributed by atoms with Crippen LogP contribution in [0.1, 0.15) is 18.5 Å². The zero-order valence-corrected chi connectivity index (χ0v) is 12.0. The van der Waals surface area contributed by atoms with Gasteiger partial charge in [-0.25, -0.2) is 9.97 Å². The maximum Gasteiger partial charge on any atom is 0.251 e. The van der Waals surface area contributed by atoms with Crippen LogP contribution in [0, 0.1) is 0 Å². The van der Waals surface area contributed by atoms with Gasteiger partial charge in [0.25, 0.3) is 5.56 Å². The third kappa shape index (κ3) is 3.17. The molecule has 0 unspecified atom stereocenters. The molecule has 1 fully saturated rings. The number of nitrogens with zero attached hydrogens (tertiary/aromatic N) is 2. The Morgan fingerprint density at radius 2 is 2.15 bits per heavy atom. The molecule has 2 aromatic rings. The highest BCUT2D eigenvalue weighted by Crippen LogP contribution is 2.25. The largest absolute Gasteiger partial charge is 0.308 e. The summed E-state index contributed by atoms with van der Waals surface area (Å²) >= 11 is 11.9. The van der Waals surface area contributed by atoms with Crippen molar-refractivity contribution in [3.63, 3.8) is 0 Å². The highest BCUT2D eigenvalue weighted by Gasteiger charge is 2.20. The molecule has 2 aromatic heterocycles. The number of rotatable bonds is 4. The second-order valence-electron chi connectivity index (χ2n) is 4.72. The van der Waals surface area contributed by atoms with E-state index in [1.807, 2.05) is 0 Å². The number of aromatic nitrogens is 3. The number of hydrogen-bond donors (Lipinski definition) is 2. The third-order valence-corrected chi connectivity index (χ3v) is 3.47. The van der Waals surface area contributed by atoms with Crippen LogP contribution in [0.5, 0.6) is 0 Å². The molecule has 0 aromatic carbocycles. The number of halogens is 2. The monoisotopic (exact) mass is 310 g/mol. The van der Waals surface area contributed by atoms with Crippen molar-refractivity contribution < 1.29 is 0 Å². The van der Waals surface area contributed by atoms with Crippen molar-refractivity contribution >= 4 is 23.2 Å². The predicted molar refractivity (Wildman–Crippen MR) is 78.0 cm³/mol. The van der Waals surface area contributed by atoms with Gasteiger partial charge in [0.2, 0.25) is 0 Å². The van der Waals surface area contributed by atoms with Crippen molar-refractivity contribution in [2.45, 2.75) is 25.4 Å². The Morgan fingerprint density at radius 1 is 1.35 bits per heavy atom. The van der Waals surface area contributed by atoms with Crippen LogP contribution in [0.2, 0.25) is 10.0 Å². The minimum absolute atomic E-state index is 0.226. The Balaban J connectivity index is 1.93. The lowest BCUT2D eigenvalue weighted by atomic mass is 10.3. The van der Waals surface area contributed by atoms with Crippen LogP contribution in [-0.2, 0) is 6.54 Å². The summed E-state index contributed by atoms with van der Waals surface area (Å²) in [6.07, 6.45) is 3.83. The molecule has 1 saturated carbocycles. The molecule has 0 spiro atoms. The standard InChI is InChI=1S/C13H12Cl2N4O/c14-7-3-10(15)12(17-5-7)13-18-9(4-11(20)19-13)6-16-8-1-2-8/h3-5,8,16H,1-2,6H2,(H,18,19,20). The molecule has 0 radical (unpaired) electrons. The second kappa shape index (κ2) is 5.52. The number of nitrogens with one attached hydrogen (secondary N) is 2. The Bertz CT molecular complexity index is 697. The molecule has 0 bridgehead atoms. The molecule has 1 aliphatic carbocycles. The summed E-state index contributed by atoms with van der Waals surface area (Å²) in [6, 6.07) is 3.60. The van der Waals surface area contributed by atoms with Crippen LogP contribution < -0.4 is 10.9 Å². The van der Waals surface area contributed by atoms with E-state index < -0.39 is 0 Å². The number of pyridine rings is 1. The summed E-state index contributed by atoms with van der Waals surface area (Å²) in [7, 11) is 0. The molecule has 0 atom stereocenters. The number of H-pyrrole nitrogens is 1. The SMILES string of the molecule is O=c1cc(CNC2CC2)nc(-c2ncc(Cl)cc2Cl)[nH]1. The smallest absolute Gasteiger partial charge is 0.251 e. The average molecular weight is 311 g/mol. The zero-order valence-electron chi connectivity index (χ0n) is 10.5. The lowest BCUT2D eigenvalue weighted by molar-refractivity contribution is 0.672. The van der Waals surface area contributed by atoms with Gasteiger partial charge in [0.1, 0.15) is 5.69 Å². The first-order valence-corrected chi connectivity index (χ1v) is 7.02. The third-order valence-electron chi connectivity index (χ3n) is 2.98. The Kier molecular flexibility index (Phi) is 3.74. The highest BCUT2D eigenvalue weighted by atomic mass is 35.5. The summed E-state index contributed by atoms with van der Waals surface area (Å²) < 4.78 is 0. The quantitative estimate of drug-likeness (QED) is 0.909. The molecule has 0 aliphatic heterocycles. The molecule has 5 nitrogen and oxygen atoms in total. The van der Waals surface area contributed by atoms with E-state index in [9.17, 15) is 4.79 Å². The molecule has 2 heterocycles. The normalized spacial score (nSPS) is 14.5. The fraction of sp³-hybridized carbons (Fsp3) is 0.308. The van der Waals surface area contributed by atoms with Gasteiger partial charge in [0, 0.05) is 24.8 Å². The van der Waals surface area contributed by atoms with Crippen LogP contribution in [-0.4, -0.2) is 21.0 Å². The molecule has 0 amide bonds. The highest BCUT2D eigenvalue weighted by molar-refractivity contribution is 6.35. The zero-order chi connectivity index (χ0) is 14.1. The van der Waals surface area contributed by atoms with Crippen molar-refractivity contribution in [3.8, 4) is 11.5 Å². The van der Waals surface area contributed by atoms with Crippen molar-refractivity contribution in [1.29, 1.82) is 0 Å². The molecule has 3 rings (SSSR count). The average Bonchev–Trinajstić information content (AvgIpc) is 3.19. The van der Waals surface area contributed by atoms with Gasteiger partial charge in [0.05, 0.1) is 15.7 Å². The van der Waals surface area contributed by atoms with E-state index in [2.05, 4.69) is 20.3 Å². The summed E-state index contributed by atoms with van der Waals surface area (Å²) in [5, 5.41) is 4.10. The van der Waals surface area contributed by atoms with Crippen molar-refractivity contribution in [3.05, 3.63) is 44.4 Å². The lowest BCUT2D eigenvalue weighted by Crippen LogP contribution is -2.19. The topological polar surface area (TPSA) is 70.7 Å². The summed E-state index contributed by atoms with van der Waals surface area (Å²) in [6.45, 7) is 0.562. The van der Waals surface area contributed by atoms with Crippen LogP contribution in [0.25, 0.3) is 11.5 Å². The van der Waals surface area contributed by atoms with Crippen molar-refractivity contribution in [2.75, 3.05) is 0 Å². The van der Waals surface area contributed by atoms with Crippen LogP contribution in [0.4, 0.5) is 0 Å². The number of hydrogen-bond acceptors (Lipinski definition) is 4. The molecular formula is C13H12Cl2N4O. The van der Waals surface area contributed by atoms with E-state index in [1.54, 1.807) is 6.07 Å². The molecule has 7 heteroatoms. The first-order chi connectivity index (χ1) is 9.61. The molecule has 0 saturated heterocycles. The van der Waals surface area contributed by atoms with Gasteiger partial charge in [-0.3, -0.25) is 4.79 Å². The lowest BCUT2D eigenvalue weighted by Gasteiger charge is -2.06. The molecule has 1 aliphatic rings. The maximum absolute atomic E-state index is 11.7. The van der Waals surface area contributed by atoms with E-state index in [0.717, 1.165) is 0 Å². The maximum atomic E-state index is 11.7. The molecular weight excluding hydrogens is 299 g/mol. The predicted octanol–water partition coefficient (Wildman–Crippen LogP) is 2.39. The van der Waals surface area contributed by atoms with Gasteiger partial charge >= 0.3 is 0 Å². The van der Waals surface area contributed by atoms with Gasteiger partial charge in [0.15, 0.2) is 5.82 Å². The van der Waals surface area contributed by atoms with Gasteiger partial charge in [-0.2, -0.15) is 0 Å². The van der Waals surface area contributed by atoms with E-state index >= 15 is 0 Å². The fourth-order valence-corrected chi connectivity index (χ4v) is 2.31. The van der Waals surface area contributed by atoms with Gasteiger partial charge in [-0.1, -0.05) is 23.2 Å². The Morgan fingerprint density at radius 3 is 2.85 bits per heavy atom. The number of aromatic amines is 1. The molecule has 20 heavy (non-hydrogen) atoms. The van der Waals surface area contributed by atoms with E-state index in [-0.39, 0.29) is 5.56 Å². The molecule has 104 valence electrons. The van der Waals surface area contributed by atoms with Crippen molar-refractivity contribution in [1.82, 2.24) is 20.3 Å². The first-order valence-electron chi connectivity index (χ1n) is 6.27. The van der Waals surface area contributed by atoms with Gasteiger partial charge < -0.3 is 10.3 Å². The van der Waals surface area contributed by atoms with E-state index in [0.29, 0.717) is 39.8 Å². The summed E-state index contributed by atoms with van der Waals surface area (Å²) in [4.78, 5) is 22.9. The van der Waals surface area contributed by atoms with Crippen LogP contribution >= 0.6 is 23.2 Å². The van der Waals surface area contributed by atoms with E-state index in [4.69, 9.17) is 23.2 Å². The fourth-order valence-electron chi connectivity index (χ4n) is 1.84. The minimum atomic E-state index is -0.226. The van der Waals surface area contributed by atoms with Gasteiger partial charge in [-0.15, -0.1) is 0 Å². The minimum Gasteiger partial charge on any atom is -0.308 e. The van der Waals surface area contributed by atoms with Crippen LogP contribution in [0.3, 0.4) is 0 Å². The summed E-state index contributed by atoms with van der Waals surface area (Å²) in [5.74, 6) is 0.353. The summed E-state index contributed by atoms with van der Waals surface area (Å²) in [5.41, 5.74) is 0.861. The van der Waals surface area contributed by atoms with Gasteiger partial charge in [-0.05, 0) is 18.9 Å². The first kappa shape index (κ1) is 13.5. The van der Waals surface area contributed by atoms with E-state index in [1.165, 1.54) is 25.1 Å². The van der Waals surface area contributed by atoms with Crippen molar-refractivity contribution in [2.24, 2.45) is 0 Å². The van der Waals surface area contributed by atoms with Crippen LogP contribution in [0.15, 0.2) is 23.1 Å².